The maximum atomic E-state index is 12.8. The summed E-state index contributed by atoms with van der Waals surface area (Å²) in [4.78, 5) is 24.9. The van der Waals surface area contributed by atoms with E-state index in [2.05, 4.69) is 15.2 Å². The summed E-state index contributed by atoms with van der Waals surface area (Å²) < 4.78 is 38.5. The molecule has 36 heavy (non-hydrogen) atoms. The second-order valence-electron chi connectivity index (χ2n) is 9.65. The van der Waals surface area contributed by atoms with Gasteiger partial charge >= 0.3 is 6.18 Å². The Kier molecular flexibility index (Phi) is 5.36. The third kappa shape index (κ3) is 4.15. The molecule has 1 amide bonds. The number of carbonyl (C=O) groups is 1. The van der Waals surface area contributed by atoms with Crippen molar-refractivity contribution in [3.8, 4) is 22.5 Å². The van der Waals surface area contributed by atoms with Gasteiger partial charge in [-0.2, -0.15) is 13.2 Å². The molecule has 0 spiro atoms. The van der Waals surface area contributed by atoms with Crippen LogP contribution in [0.15, 0.2) is 48.7 Å². The molecule has 2 fully saturated rings. The first kappa shape index (κ1) is 22.8. The van der Waals surface area contributed by atoms with E-state index >= 15 is 0 Å². The second-order valence-corrected chi connectivity index (χ2v) is 9.65. The van der Waals surface area contributed by atoms with Crippen molar-refractivity contribution in [1.29, 1.82) is 0 Å². The van der Waals surface area contributed by atoms with Crippen molar-refractivity contribution < 1.29 is 18.0 Å². The van der Waals surface area contributed by atoms with Crippen LogP contribution in [-0.4, -0.2) is 65.2 Å². The number of anilines is 2. The van der Waals surface area contributed by atoms with Crippen molar-refractivity contribution in [3.05, 3.63) is 59.8 Å². The van der Waals surface area contributed by atoms with Gasteiger partial charge in [-0.1, -0.05) is 18.2 Å². The van der Waals surface area contributed by atoms with Gasteiger partial charge in [0, 0.05) is 54.1 Å². The lowest BCUT2D eigenvalue weighted by Crippen LogP contribution is -2.49. The third-order valence-electron chi connectivity index (χ3n) is 7.34. The molecule has 0 saturated carbocycles. The molecule has 4 heterocycles. The van der Waals surface area contributed by atoms with E-state index in [1.165, 1.54) is 0 Å². The highest BCUT2D eigenvalue weighted by Gasteiger charge is 2.46. The summed E-state index contributed by atoms with van der Waals surface area (Å²) in [6.07, 6.45) is -1.03. The number of likely N-dealkylation sites (tertiary alicyclic amines) is 1. The molecule has 6 rings (SSSR count). The molecule has 3 aromatic rings. The number of nitrogens with two attached hydrogens (primary N) is 1. The molecule has 10 heteroatoms. The first-order chi connectivity index (χ1) is 17.2. The number of hydrogen-bond acceptors (Lipinski definition) is 6. The lowest BCUT2D eigenvalue weighted by molar-refractivity contribution is -0.148. The standard InChI is InChI=1S/C26H25F3N6O/c27-26(28,29)14-34-12-20-10-19(34)13-35(20)18-4-1-15(2-5-18)22-11-32-24(30)23(33-22)17-3-6-21-16(9-17)7-8-31-25(21)36/h1-6,9,11,19-20H,7-8,10,12-14H2,(H2,30,32)(H,31,36)/t19-,20-/m0/s1. The number of rotatable bonds is 4. The van der Waals surface area contributed by atoms with E-state index < -0.39 is 12.7 Å². The first-order valence-corrected chi connectivity index (χ1v) is 12.0. The zero-order chi connectivity index (χ0) is 25.0. The van der Waals surface area contributed by atoms with E-state index in [1.54, 1.807) is 17.2 Å². The van der Waals surface area contributed by atoms with Gasteiger partial charge in [-0.3, -0.25) is 9.69 Å². The highest BCUT2D eigenvalue weighted by atomic mass is 19.4. The summed E-state index contributed by atoms with van der Waals surface area (Å²) in [5, 5.41) is 2.84. The molecule has 3 N–H and O–H groups in total. The fourth-order valence-electron chi connectivity index (χ4n) is 5.64. The van der Waals surface area contributed by atoms with Crippen LogP contribution in [0.1, 0.15) is 22.3 Å². The van der Waals surface area contributed by atoms with Gasteiger partial charge in [-0.15, -0.1) is 0 Å². The quantitative estimate of drug-likeness (QED) is 0.578. The molecule has 2 atom stereocenters. The minimum Gasteiger partial charge on any atom is -0.382 e. The molecule has 0 radical (unpaired) electrons. The van der Waals surface area contributed by atoms with Gasteiger partial charge in [0.05, 0.1) is 18.4 Å². The van der Waals surface area contributed by atoms with E-state index in [1.807, 2.05) is 36.4 Å². The Morgan fingerprint density at radius 3 is 2.56 bits per heavy atom. The summed E-state index contributed by atoms with van der Waals surface area (Å²) in [6.45, 7) is 0.793. The van der Waals surface area contributed by atoms with Gasteiger partial charge in [0.1, 0.15) is 11.5 Å². The first-order valence-electron chi connectivity index (χ1n) is 12.0. The molecule has 7 nitrogen and oxygen atoms in total. The summed E-state index contributed by atoms with van der Waals surface area (Å²) in [7, 11) is 0. The Bertz CT molecular complexity index is 1330. The molecular formula is C26H25F3N6O. The van der Waals surface area contributed by atoms with Gasteiger partial charge in [-0.05, 0) is 42.7 Å². The van der Waals surface area contributed by atoms with Crippen molar-refractivity contribution in [3.63, 3.8) is 0 Å². The lowest BCUT2D eigenvalue weighted by Gasteiger charge is -2.35. The molecule has 0 aliphatic carbocycles. The molecule has 1 aromatic heterocycles. The van der Waals surface area contributed by atoms with Crippen LogP contribution in [0.2, 0.25) is 0 Å². The van der Waals surface area contributed by atoms with Gasteiger partial charge in [0.2, 0.25) is 0 Å². The molecule has 0 unspecified atom stereocenters. The number of nitrogens with one attached hydrogen (secondary N) is 1. The van der Waals surface area contributed by atoms with E-state index in [0.717, 1.165) is 35.2 Å². The van der Waals surface area contributed by atoms with E-state index in [4.69, 9.17) is 10.7 Å². The summed E-state index contributed by atoms with van der Waals surface area (Å²) >= 11 is 0. The van der Waals surface area contributed by atoms with Crippen LogP contribution in [0.3, 0.4) is 0 Å². The molecule has 2 saturated heterocycles. The fourth-order valence-corrected chi connectivity index (χ4v) is 5.64. The van der Waals surface area contributed by atoms with Crippen molar-refractivity contribution >= 4 is 17.4 Å². The smallest absolute Gasteiger partial charge is 0.382 e. The maximum Gasteiger partial charge on any atom is 0.401 e. The van der Waals surface area contributed by atoms with E-state index in [9.17, 15) is 18.0 Å². The predicted molar refractivity (Wildman–Crippen MR) is 131 cm³/mol. The molecular weight excluding hydrogens is 469 g/mol. The van der Waals surface area contributed by atoms with Crippen LogP contribution < -0.4 is 16.0 Å². The number of benzene rings is 2. The van der Waals surface area contributed by atoms with Crippen LogP contribution in [0, 0.1) is 0 Å². The zero-order valence-corrected chi connectivity index (χ0v) is 19.4. The Morgan fingerprint density at radius 2 is 1.83 bits per heavy atom. The van der Waals surface area contributed by atoms with Crippen molar-refractivity contribution in [1.82, 2.24) is 20.2 Å². The van der Waals surface area contributed by atoms with Crippen LogP contribution in [0.4, 0.5) is 24.7 Å². The number of amides is 1. The molecule has 186 valence electrons. The van der Waals surface area contributed by atoms with Crippen molar-refractivity contribution in [2.75, 3.05) is 36.8 Å². The Balaban J connectivity index is 1.21. The lowest BCUT2D eigenvalue weighted by atomic mass is 9.96. The van der Waals surface area contributed by atoms with Gasteiger partial charge in [-0.25, -0.2) is 9.97 Å². The number of hydrogen-bond donors (Lipinski definition) is 2. The van der Waals surface area contributed by atoms with Crippen molar-refractivity contribution in [2.45, 2.75) is 31.1 Å². The van der Waals surface area contributed by atoms with Gasteiger partial charge < -0.3 is 16.0 Å². The summed E-state index contributed by atoms with van der Waals surface area (Å²) in [6, 6.07) is 13.5. The second kappa shape index (κ2) is 8.48. The summed E-state index contributed by atoms with van der Waals surface area (Å²) in [5.41, 5.74) is 11.7. The number of fused-ring (bicyclic) bond motifs is 3. The highest BCUT2D eigenvalue weighted by Crippen LogP contribution is 2.37. The number of nitrogen functional groups attached to an aromatic ring is 1. The predicted octanol–water partition coefficient (Wildman–Crippen LogP) is 3.50. The van der Waals surface area contributed by atoms with E-state index in [0.29, 0.717) is 42.4 Å². The SMILES string of the molecule is Nc1ncc(-c2ccc(N3C[C@@H]4C[C@H]3CN4CC(F)(F)F)cc2)nc1-c1ccc2c(c1)CCNC2=O. The average molecular weight is 495 g/mol. The van der Waals surface area contributed by atoms with Crippen molar-refractivity contribution in [2.24, 2.45) is 0 Å². The summed E-state index contributed by atoms with van der Waals surface area (Å²) in [5.74, 6) is 0.238. The largest absolute Gasteiger partial charge is 0.401 e. The van der Waals surface area contributed by atoms with Gasteiger partial charge in [0.15, 0.2) is 0 Å². The Hall–Kier alpha value is -3.66. The Labute approximate surface area is 206 Å². The molecule has 2 bridgehead atoms. The normalized spacial score (nSPS) is 21.5. The number of piperazine rings is 1. The minimum atomic E-state index is -4.16. The molecule has 3 aliphatic heterocycles. The maximum absolute atomic E-state index is 12.8. The zero-order valence-electron chi connectivity index (χ0n) is 19.4. The average Bonchev–Trinajstić information content (AvgIpc) is 3.44. The highest BCUT2D eigenvalue weighted by molar-refractivity contribution is 5.97. The Morgan fingerprint density at radius 1 is 1.06 bits per heavy atom. The topological polar surface area (TPSA) is 87.4 Å². The number of carbonyl (C=O) groups excluding carboxylic acids is 1. The van der Waals surface area contributed by atoms with Crippen LogP contribution in [0.5, 0.6) is 0 Å². The van der Waals surface area contributed by atoms with Crippen LogP contribution >= 0.6 is 0 Å². The molecule has 3 aliphatic rings. The number of alkyl halides is 3. The van der Waals surface area contributed by atoms with E-state index in [-0.39, 0.29) is 18.0 Å². The monoisotopic (exact) mass is 494 g/mol. The van der Waals surface area contributed by atoms with Crippen LogP contribution in [0.25, 0.3) is 22.5 Å². The number of halogens is 3. The third-order valence-corrected chi connectivity index (χ3v) is 7.34. The number of aromatic nitrogens is 2. The van der Waals surface area contributed by atoms with Gasteiger partial charge in [0.25, 0.3) is 5.91 Å². The number of nitrogens with zero attached hydrogens (tertiary/aromatic N) is 4. The minimum absolute atomic E-state index is 0.0653. The fraction of sp³-hybridized carbons (Fsp3) is 0.346. The van der Waals surface area contributed by atoms with Crippen LogP contribution in [-0.2, 0) is 6.42 Å². The molecule has 2 aromatic carbocycles.